The summed E-state index contributed by atoms with van der Waals surface area (Å²) < 4.78 is 5.12. The van der Waals surface area contributed by atoms with Gasteiger partial charge in [0.1, 0.15) is 5.75 Å². The lowest BCUT2D eigenvalue weighted by atomic mass is 10.0. The minimum absolute atomic E-state index is 0.141. The molecule has 0 fully saturated rings. The van der Waals surface area contributed by atoms with Crippen molar-refractivity contribution >= 4 is 0 Å². The van der Waals surface area contributed by atoms with Crippen molar-refractivity contribution in [1.82, 2.24) is 0 Å². The standard InChI is InChI=1S/C17H20O5/c1-2-12-16(18,19)17(20,21)22-15-11-7-6-10-14(15)13-8-4-3-5-9-13/h3-11,18-21H,2,12H2,1H3. The first-order valence-corrected chi connectivity index (χ1v) is 7.10. The molecule has 2 aromatic carbocycles. The maximum Gasteiger partial charge on any atom is 0.379 e. The summed E-state index contributed by atoms with van der Waals surface area (Å²) in [6.45, 7) is 1.69. The highest BCUT2D eigenvalue weighted by Gasteiger charge is 2.50. The molecule has 0 aliphatic carbocycles. The predicted octanol–water partition coefficient (Wildman–Crippen LogP) is 1.85. The molecule has 0 unspecified atom stereocenters. The highest BCUT2D eigenvalue weighted by Crippen LogP contribution is 2.34. The van der Waals surface area contributed by atoms with Crippen LogP contribution >= 0.6 is 0 Å². The van der Waals surface area contributed by atoms with E-state index in [9.17, 15) is 20.4 Å². The molecular weight excluding hydrogens is 284 g/mol. The first kappa shape index (κ1) is 16.5. The Kier molecular flexibility index (Phi) is 4.83. The molecule has 2 aromatic rings. The third kappa shape index (κ3) is 3.45. The van der Waals surface area contributed by atoms with E-state index in [1.807, 2.05) is 30.3 Å². The lowest BCUT2D eigenvalue weighted by Crippen LogP contribution is -2.58. The van der Waals surface area contributed by atoms with Crippen LogP contribution in [0, 0.1) is 0 Å². The summed E-state index contributed by atoms with van der Waals surface area (Å²) in [5.41, 5.74) is 1.42. The summed E-state index contributed by atoms with van der Waals surface area (Å²) in [5, 5.41) is 39.5. The molecule has 5 nitrogen and oxygen atoms in total. The fraction of sp³-hybridized carbons (Fsp3) is 0.294. The maximum absolute atomic E-state index is 9.93. The highest BCUT2D eigenvalue weighted by molar-refractivity contribution is 5.70. The minimum atomic E-state index is -3.12. The van der Waals surface area contributed by atoms with Crippen molar-refractivity contribution in [2.45, 2.75) is 31.5 Å². The van der Waals surface area contributed by atoms with Crippen LogP contribution in [0.3, 0.4) is 0 Å². The average molecular weight is 304 g/mol. The van der Waals surface area contributed by atoms with Gasteiger partial charge in [-0.1, -0.05) is 61.9 Å². The van der Waals surface area contributed by atoms with E-state index in [1.54, 1.807) is 25.1 Å². The summed E-state index contributed by atoms with van der Waals surface area (Å²) in [6.07, 6.45) is 0.104. The van der Waals surface area contributed by atoms with Gasteiger partial charge in [0.25, 0.3) is 5.79 Å². The molecule has 0 aromatic heterocycles. The van der Waals surface area contributed by atoms with Gasteiger partial charge in [0, 0.05) is 12.0 Å². The van der Waals surface area contributed by atoms with Crippen LogP contribution in [0.25, 0.3) is 11.1 Å². The molecule has 5 heteroatoms. The zero-order valence-electron chi connectivity index (χ0n) is 12.3. The fourth-order valence-corrected chi connectivity index (χ4v) is 2.16. The largest absolute Gasteiger partial charge is 0.435 e. The third-order valence-corrected chi connectivity index (χ3v) is 3.34. The number of para-hydroxylation sites is 1. The van der Waals surface area contributed by atoms with E-state index in [2.05, 4.69) is 0 Å². The van der Waals surface area contributed by atoms with Crippen molar-refractivity contribution in [1.29, 1.82) is 0 Å². The lowest BCUT2D eigenvalue weighted by molar-refractivity contribution is -0.434. The molecule has 0 heterocycles. The van der Waals surface area contributed by atoms with Gasteiger partial charge in [0.05, 0.1) is 0 Å². The monoisotopic (exact) mass is 304 g/mol. The molecule has 0 amide bonds. The van der Waals surface area contributed by atoms with Crippen molar-refractivity contribution in [2.75, 3.05) is 0 Å². The van der Waals surface area contributed by atoms with E-state index in [-0.39, 0.29) is 12.2 Å². The van der Waals surface area contributed by atoms with Gasteiger partial charge in [0.2, 0.25) is 0 Å². The Labute approximate surface area is 129 Å². The quantitative estimate of drug-likeness (QED) is 0.612. The molecular formula is C17H20O5. The van der Waals surface area contributed by atoms with E-state index in [4.69, 9.17) is 4.74 Å². The zero-order valence-corrected chi connectivity index (χ0v) is 12.3. The van der Waals surface area contributed by atoms with Crippen molar-refractivity contribution in [3.8, 4) is 16.9 Å². The van der Waals surface area contributed by atoms with Crippen molar-refractivity contribution in [2.24, 2.45) is 0 Å². The van der Waals surface area contributed by atoms with Gasteiger partial charge in [-0.15, -0.1) is 0 Å². The van der Waals surface area contributed by atoms with E-state index in [0.29, 0.717) is 12.0 Å². The first-order chi connectivity index (χ1) is 10.4. The van der Waals surface area contributed by atoms with Gasteiger partial charge >= 0.3 is 5.97 Å². The molecule has 0 bridgehead atoms. The molecule has 0 saturated carbocycles. The van der Waals surface area contributed by atoms with Gasteiger partial charge in [-0.25, -0.2) is 0 Å². The minimum Gasteiger partial charge on any atom is -0.435 e. The Morgan fingerprint density at radius 3 is 2.09 bits per heavy atom. The van der Waals surface area contributed by atoms with Gasteiger partial charge < -0.3 is 25.2 Å². The number of rotatable bonds is 6. The van der Waals surface area contributed by atoms with Crippen LogP contribution < -0.4 is 4.74 Å². The van der Waals surface area contributed by atoms with E-state index < -0.39 is 11.8 Å². The van der Waals surface area contributed by atoms with Crippen LogP contribution in [-0.4, -0.2) is 32.2 Å². The van der Waals surface area contributed by atoms with Crippen LogP contribution in [0.4, 0.5) is 0 Å². The van der Waals surface area contributed by atoms with E-state index in [1.165, 1.54) is 6.07 Å². The lowest BCUT2D eigenvalue weighted by Gasteiger charge is -2.34. The number of hydrogen-bond donors (Lipinski definition) is 4. The molecule has 0 atom stereocenters. The smallest absolute Gasteiger partial charge is 0.379 e. The number of hydrogen-bond acceptors (Lipinski definition) is 5. The van der Waals surface area contributed by atoms with Gasteiger partial charge in [0.15, 0.2) is 0 Å². The highest BCUT2D eigenvalue weighted by atomic mass is 16.8. The summed E-state index contributed by atoms with van der Waals surface area (Å²) in [5.74, 6) is -5.75. The molecule has 118 valence electrons. The van der Waals surface area contributed by atoms with Gasteiger partial charge in [-0.05, 0) is 11.6 Å². The maximum atomic E-state index is 9.93. The van der Waals surface area contributed by atoms with Gasteiger partial charge in [-0.3, -0.25) is 0 Å². The molecule has 0 saturated heterocycles. The van der Waals surface area contributed by atoms with Crippen molar-refractivity contribution in [3.05, 3.63) is 54.6 Å². The third-order valence-electron chi connectivity index (χ3n) is 3.34. The predicted molar refractivity (Wildman–Crippen MR) is 81.8 cm³/mol. The first-order valence-electron chi connectivity index (χ1n) is 7.10. The molecule has 0 aliphatic rings. The molecule has 0 radical (unpaired) electrons. The summed E-state index contributed by atoms with van der Waals surface area (Å²) >= 11 is 0. The summed E-state index contributed by atoms with van der Waals surface area (Å²) in [6, 6.07) is 16.0. The van der Waals surface area contributed by atoms with E-state index in [0.717, 1.165) is 5.56 Å². The zero-order chi connectivity index (χ0) is 16.2. The fourth-order valence-electron chi connectivity index (χ4n) is 2.16. The Hall–Kier alpha value is -1.92. The van der Waals surface area contributed by atoms with E-state index >= 15 is 0 Å². The number of benzene rings is 2. The Bertz CT molecular complexity index is 607. The Balaban J connectivity index is 2.35. The normalized spacial score (nSPS) is 12.2. The topological polar surface area (TPSA) is 90.2 Å². The van der Waals surface area contributed by atoms with Crippen LogP contribution in [0.1, 0.15) is 19.8 Å². The molecule has 0 spiro atoms. The SMILES string of the molecule is CCCC(O)(O)C(O)(O)Oc1ccccc1-c1ccccc1. The summed E-state index contributed by atoms with van der Waals surface area (Å²) in [7, 11) is 0. The Morgan fingerprint density at radius 2 is 1.45 bits per heavy atom. The van der Waals surface area contributed by atoms with Crippen LogP contribution in [0.2, 0.25) is 0 Å². The number of ether oxygens (including phenoxy) is 1. The van der Waals surface area contributed by atoms with Gasteiger partial charge in [-0.2, -0.15) is 0 Å². The second-order valence-electron chi connectivity index (χ2n) is 5.14. The van der Waals surface area contributed by atoms with Crippen LogP contribution in [0.15, 0.2) is 54.6 Å². The number of aliphatic hydroxyl groups is 4. The molecule has 0 aliphatic heterocycles. The average Bonchev–Trinajstić information content (AvgIpc) is 2.48. The van der Waals surface area contributed by atoms with Crippen LogP contribution in [-0.2, 0) is 0 Å². The molecule has 2 rings (SSSR count). The van der Waals surface area contributed by atoms with Crippen LogP contribution in [0.5, 0.6) is 5.75 Å². The van der Waals surface area contributed by atoms with Crippen molar-refractivity contribution in [3.63, 3.8) is 0 Å². The molecule has 22 heavy (non-hydrogen) atoms. The molecule has 4 N–H and O–H groups in total. The second-order valence-corrected chi connectivity index (χ2v) is 5.14. The second kappa shape index (κ2) is 6.46. The Morgan fingerprint density at radius 1 is 0.864 bits per heavy atom. The summed E-state index contributed by atoms with van der Waals surface area (Å²) in [4.78, 5) is 0. The van der Waals surface area contributed by atoms with Crippen molar-refractivity contribution < 1.29 is 25.2 Å².